The number of hydrogen-bond acceptors (Lipinski definition) is 6. The van der Waals surface area contributed by atoms with Crippen LogP contribution in [0.1, 0.15) is 143 Å². The molecule has 0 aliphatic rings. The molecule has 2 aromatic carbocycles. The second-order valence-corrected chi connectivity index (χ2v) is 16.9. The SMILES string of the molecule is CCCCC(C(=O)Cc1cc(C(C)(C)C)c(O)c(C(C)(C)C)c1)C(N)(N)C(=O)Cc1cc(C(C)(C)C)c(O)c(C(C)(C)C)c1. The van der Waals surface area contributed by atoms with Gasteiger partial charge in [-0.15, -0.1) is 0 Å². The second-order valence-electron chi connectivity index (χ2n) is 16.9. The van der Waals surface area contributed by atoms with Crippen LogP contribution in [-0.4, -0.2) is 27.4 Å². The number of benzene rings is 2. The van der Waals surface area contributed by atoms with Gasteiger partial charge in [0.25, 0.3) is 0 Å². The van der Waals surface area contributed by atoms with E-state index in [9.17, 15) is 19.8 Å². The van der Waals surface area contributed by atoms with Gasteiger partial charge < -0.3 is 21.7 Å². The summed E-state index contributed by atoms with van der Waals surface area (Å²) in [7, 11) is 0. The maximum atomic E-state index is 14.0. The molecule has 0 saturated carbocycles. The molecule has 44 heavy (non-hydrogen) atoms. The standard InChI is InChI=1S/C38H60N2O4/c1-14-15-16-25(30(41)21-23-17-26(34(2,3)4)32(43)27(18-23)35(5,6)7)38(39,40)31(42)22-24-19-28(36(8,9)10)33(44)29(20-24)37(11,12)13/h17-20,25,43-44H,14-16,21-22,39-40H2,1-13H3. The summed E-state index contributed by atoms with van der Waals surface area (Å²) in [5.74, 6) is -0.972. The fourth-order valence-electron chi connectivity index (χ4n) is 5.81. The number of carbonyl (C=O) groups is 2. The van der Waals surface area contributed by atoms with Gasteiger partial charge in [-0.1, -0.05) is 127 Å². The highest BCUT2D eigenvalue weighted by Crippen LogP contribution is 2.41. The molecule has 0 radical (unpaired) electrons. The predicted molar refractivity (Wildman–Crippen MR) is 183 cm³/mol. The van der Waals surface area contributed by atoms with E-state index in [-0.39, 0.29) is 51.8 Å². The third-order valence-corrected chi connectivity index (χ3v) is 8.61. The number of rotatable bonds is 10. The summed E-state index contributed by atoms with van der Waals surface area (Å²) in [6.45, 7) is 26.4. The Morgan fingerprint density at radius 1 is 0.636 bits per heavy atom. The van der Waals surface area contributed by atoms with Gasteiger partial charge in [0, 0.05) is 12.8 Å². The van der Waals surface area contributed by atoms with Gasteiger partial charge in [-0.2, -0.15) is 0 Å². The third-order valence-electron chi connectivity index (χ3n) is 8.61. The summed E-state index contributed by atoms with van der Waals surface area (Å²) in [5.41, 5.74) is 14.6. The Morgan fingerprint density at radius 3 is 1.25 bits per heavy atom. The highest BCUT2D eigenvalue weighted by atomic mass is 16.3. The van der Waals surface area contributed by atoms with E-state index in [0.29, 0.717) is 18.4 Å². The van der Waals surface area contributed by atoms with Crippen molar-refractivity contribution in [3.05, 3.63) is 57.6 Å². The van der Waals surface area contributed by atoms with Crippen molar-refractivity contribution in [3.63, 3.8) is 0 Å². The van der Waals surface area contributed by atoms with Gasteiger partial charge in [0.1, 0.15) is 22.9 Å². The number of Topliss-reactive ketones (excluding diaryl/α,β-unsaturated/α-hetero) is 2. The number of nitrogens with two attached hydrogens (primary N) is 2. The van der Waals surface area contributed by atoms with Crippen molar-refractivity contribution < 1.29 is 19.8 Å². The van der Waals surface area contributed by atoms with Crippen LogP contribution in [0.3, 0.4) is 0 Å². The van der Waals surface area contributed by atoms with Crippen LogP contribution >= 0.6 is 0 Å². The summed E-state index contributed by atoms with van der Waals surface area (Å²) in [6.07, 6.45) is 1.96. The van der Waals surface area contributed by atoms with Crippen molar-refractivity contribution in [2.45, 2.75) is 149 Å². The first kappa shape index (κ1) is 37.5. The van der Waals surface area contributed by atoms with Crippen LogP contribution in [0.25, 0.3) is 0 Å². The molecule has 2 rings (SSSR count). The minimum Gasteiger partial charge on any atom is -0.507 e. The lowest BCUT2D eigenvalue weighted by Gasteiger charge is -2.33. The molecule has 6 nitrogen and oxygen atoms in total. The molecule has 6 N–H and O–H groups in total. The topological polar surface area (TPSA) is 127 Å². The fraction of sp³-hybridized carbons (Fsp3) is 0.632. The van der Waals surface area contributed by atoms with Gasteiger partial charge in [0.15, 0.2) is 5.78 Å². The first-order valence-corrected chi connectivity index (χ1v) is 16.1. The van der Waals surface area contributed by atoms with E-state index >= 15 is 0 Å². The lowest BCUT2D eigenvalue weighted by Crippen LogP contribution is -2.64. The molecule has 0 aliphatic heterocycles. The number of ketones is 2. The summed E-state index contributed by atoms with van der Waals surface area (Å²) in [5, 5.41) is 22.3. The molecule has 246 valence electrons. The van der Waals surface area contributed by atoms with Crippen LogP contribution in [0.4, 0.5) is 0 Å². The number of hydrogen-bond donors (Lipinski definition) is 4. The van der Waals surface area contributed by atoms with E-state index in [2.05, 4.69) is 0 Å². The Kier molecular flexibility index (Phi) is 11.0. The molecule has 1 unspecified atom stereocenters. The van der Waals surface area contributed by atoms with E-state index in [1.54, 1.807) is 0 Å². The Balaban J connectivity index is 2.55. The molecule has 1 atom stereocenters. The second kappa shape index (κ2) is 13.0. The van der Waals surface area contributed by atoms with Crippen LogP contribution in [0.15, 0.2) is 24.3 Å². The van der Waals surface area contributed by atoms with E-state index in [4.69, 9.17) is 11.5 Å². The zero-order valence-electron chi connectivity index (χ0n) is 29.8. The van der Waals surface area contributed by atoms with Crippen LogP contribution in [0, 0.1) is 5.92 Å². The zero-order valence-corrected chi connectivity index (χ0v) is 29.8. The maximum absolute atomic E-state index is 14.0. The summed E-state index contributed by atoms with van der Waals surface area (Å²) in [6, 6.07) is 7.52. The molecule has 0 amide bonds. The Hall–Kier alpha value is -2.70. The summed E-state index contributed by atoms with van der Waals surface area (Å²) >= 11 is 0. The van der Waals surface area contributed by atoms with Gasteiger partial charge >= 0.3 is 0 Å². The van der Waals surface area contributed by atoms with E-state index in [1.165, 1.54) is 0 Å². The molecule has 0 spiro atoms. The van der Waals surface area contributed by atoms with Crippen molar-refractivity contribution in [1.82, 2.24) is 0 Å². The molecule has 0 heterocycles. The summed E-state index contributed by atoms with van der Waals surface area (Å²) in [4.78, 5) is 28.0. The smallest absolute Gasteiger partial charge is 0.172 e. The van der Waals surface area contributed by atoms with E-state index in [1.807, 2.05) is 114 Å². The molecule has 2 aromatic rings. The van der Waals surface area contributed by atoms with Crippen LogP contribution in [0.5, 0.6) is 11.5 Å². The fourth-order valence-corrected chi connectivity index (χ4v) is 5.81. The van der Waals surface area contributed by atoms with Crippen molar-refractivity contribution in [2.24, 2.45) is 17.4 Å². The number of carbonyl (C=O) groups excluding carboxylic acids is 2. The van der Waals surface area contributed by atoms with Crippen molar-refractivity contribution in [1.29, 1.82) is 0 Å². The number of phenols is 2. The first-order chi connectivity index (χ1) is 19.7. The average molecular weight is 609 g/mol. The largest absolute Gasteiger partial charge is 0.507 e. The van der Waals surface area contributed by atoms with E-state index < -0.39 is 17.4 Å². The van der Waals surface area contributed by atoms with Gasteiger partial charge in [-0.3, -0.25) is 9.59 Å². The van der Waals surface area contributed by atoms with Crippen molar-refractivity contribution >= 4 is 11.6 Å². The Bertz CT molecular complexity index is 1290. The quantitative estimate of drug-likeness (QED) is 0.205. The van der Waals surface area contributed by atoms with Gasteiger partial charge in [-0.05, 0) is 61.5 Å². The van der Waals surface area contributed by atoms with Gasteiger partial charge in [0.05, 0.1) is 5.92 Å². The Labute approximate surface area is 267 Å². The molecule has 0 bridgehead atoms. The molecular formula is C38H60N2O4. The number of unbranched alkanes of at least 4 members (excludes halogenated alkanes) is 1. The monoisotopic (exact) mass is 608 g/mol. The van der Waals surface area contributed by atoms with Crippen molar-refractivity contribution in [2.75, 3.05) is 0 Å². The summed E-state index contributed by atoms with van der Waals surface area (Å²) < 4.78 is 0. The first-order valence-electron chi connectivity index (χ1n) is 16.1. The lowest BCUT2D eigenvalue weighted by molar-refractivity contribution is -0.133. The van der Waals surface area contributed by atoms with Crippen LogP contribution < -0.4 is 11.5 Å². The number of aromatic hydroxyl groups is 2. The average Bonchev–Trinajstić information content (AvgIpc) is 2.83. The minimum absolute atomic E-state index is 0.0447. The molecule has 0 aromatic heterocycles. The highest BCUT2D eigenvalue weighted by Gasteiger charge is 2.42. The van der Waals surface area contributed by atoms with E-state index in [0.717, 1.165) is 34.2 Å². The van der Waals surface area contributed by atoms with Gasteiger partial charge in [0.2, 0.25) is 0 Å². The molecule has 6 heteroatoms. The van der Waals surface area contributed by atoms with Crippen LogP contribution in [0.2, 0.25) is 0 Å². The lowest BCUT2D eigenvalue weighted by atomic mass is 9.75. The molecular weight excluding hydrogens is 548 g/mol. The van der Waals surface area contributed by atoms with Gasteiger partial charge in [-0.25, -0.2) is 0 Å². The highest BCUT2D eigenvalue weighted by molar-refractivity contribution is 5.96. The van der Waals surface area contributed by atoms with Crippen LogP contribution in [-0.2, 0) is 44.1 Å². The Morgan fingerprint density at radius 2 is 0.955 bits per heavy atom. The molecule has 0 aliphatic carbocycles. The maximum Gasteiger partial charge on any atom is 0.172 e. The predicted octanol–water partition coefficient (Wildman–Crippen LogP) is 7.63. The zero-order chi connectivity index (χ0) is 34.2. The normalized spacial score (nSPS) is 14.1. The number of phenolic OH excluding ortho intramolecular Hbond substituents is 2. The molecule has 0 saturated heterocycles. The third kappa shape index (κ3) is 8.72. The van der Waals surface area contributed by atoms with Crippen molar-refractivity contribution in [3.8, 4) is 11.5 Å². The molecule has 0 fully saturated rings. The minimum atomic E-state index is -1.87.